The van der Waals surface area contributed by atoms with E-state index in [1.54, 1.807) is 6.07 Å². The lowest BCUT2D eigenvalue weighted by Crippen LogP contribution is -2.38. The van der Waals surface area contributed by atoms with Crippen molar-refractivity contribution in [1.29, 1.82) is 0 Å². The molecule has 0 aliphatic carbocycles. The molecule has 0 heterocycles. The van der Waals surface area contributed by atoms with E-state index in [4.69, 9.17) is 0 Å². The van der Waals surface area contributed by atoms with E-state index in [-0.39, 0.29) is 0 Å². The van der Waals surface area contributed by atoms with Crippen molar-refractivity contribution in [2.24, 2.45) is 0 Å². The summed E-state index contributed by atoms with van der Waals surface area (Å²) >= 11 is 0. The molecule has 1 aromatic carbocycles. The first-order valence-corrected chi connectivity index (χ1v) is 4.57. The molecule has 76 valence electrons. The first-order chi connectivity index (χ1) is 6.54. The minimum Gasteiger partial charge on any atom is -0.530 e. The number of hydrogen-bond donors (Lipinski definition) is 0. The number of anilines is 1. The third-order valence-corrected chi connectivity index (χ3v) is 2.19. The summed E-state index contributed by atoms with van der Waals surface area (Å²) in [6.45, 7) is 4.06. The van der Waals surface area contributed by atoms with Crippen LogP contribution in [0.2, 0.25) is 0 Å². The van der Waals surface area contributed by atoms with Gasteiger partial charge in [-0.3, -0.25) is 0 Å². The molecule has 3 nitrogen and oxygen atoms in total. The number of carbonyl (C=O) groups is 1. The SMILES string of the molecule is CC(C)c1ccccc1N(C)C(=O)[O-]. The van der Waals surface area contributed by atoms with E-state index in [1.807, 2.05) is 32.0 Å². The summed E-state index contributed by atoms with van der Waals surface area (Å²) in [5.74, 6) is 0.299. The minimum absolute atomic E-state index is 0.299. The predicted octanol–water partition coefficient (Wildman–Crippen LogP) is 1.59. The van der Waals surface area contributed by atoms with Crippen molar-refractivity contribution >= 4 is 11.8 Å². The van der Waals surface area contributed by atoms with Crippen molar-refractivity contribution < 1.29 is 9.90 Å². The van der Waals surface area contributed by atoms with Crippen LogP contribution in [0, 0.1) is 0 Å². The zero-order valence-electron chi connectivity index (χ0n) is 8.65. The monoisotopic (exact) mass is 192 g/mol. The van der Waals surface area contributed by atoms with Crippen LogP contribution < -0.4 is 10.0 Å². The Balaban J connectivity index is 3.13. The van der Waals surface area contributed by atoms with Crippen LogP contribution >= 0.6 is 0 Å². The van der Waals surface area contributed by atoms with Crippen LogP contribution in [0.15, 0.2) is 24.3 Å². The second kappa shape index (κ2) is 4.13. The van der Waals surface area contributed by atoms with E-state index in [9.17, 15) is 9.90 Å². The molecule has 0 bridgehead atoms. The average Bonchev–Trinajstić information content (AvgIpc) is 2.16. The number of carbonyl (C=O) groups excluding carboxylic acids is 1. The van der Waals surface area contributed by atoms with Gasteiger partial charge in [-0.05, 0) is 17.5 Å². The van der Waals surface area contributed by atoms with Crippen molar-refractivity contribution in [1.82, 2.24) is 0 Å². The first kappa shape index (κ1) is 10.6. The molecule has 3 heteroatoms. The Morgan fingerprint density at radius 2 is 1.93 bits per heavy atom. The Kier molecular flexibility index (Phi) is 3.12. The van der Waals surface area contributed by atoms with E-state index >= 15 is 0 Å². The van der Waals surface area contributed by atoms with E-state index in [0.29, 0.717) is 11.6 Å². The minimum atomic E-state index is -1.18. The van der Waals surface area contributed by atoms with Gasteiger partial charge in [-0.25, -0.2) is 0 Å². The summed E-state index contributed by atoms with van der Waals surface area (Å²) in [6.07, 6.45) is -1.18. The highest BCUT2D eigenvalue weighted by Crippen LogP contribution is 2.25. The van der Waals surface area contributed by atoms with Crippen LogP contribution in [-0.2, 0) is 0 Å². The highest BCUT2D eigenvalue weighted by Gasteiger charge is 2.09. The third-order valence-electron chi connectivity index (χ3n) is 2.19. The molecule has 0 aromatic heterocycles. The van der Waals surface area contributed by atoms with Crippen LogP contribution in [-0.4, -0.2) is 13.1 Å². The van der Waals surface area contributed by atoms with Crippen LogP contribution in [0.1, 0.15) is 25.3 Å². The average molecular weight is 192 g/mol. The maximum Gasteiger partial charge on any atom is 0.141 e. The molecule has 1 amide bonds. The summed E-state index contributed by atoms with van der Waals surface area (Å²) < 4.78 is 0. The molecule has 0 aliphatic heterocycles. The van der Waals surface area contributed by atoms with Gasteiger partial charge in [0.2, 0.25) is 0 Å². The molecule has 0 spiro atoms. The molecule has 0 atom stereocenters. The summed E-state index contributed by atoms with van der Waals surface area (Å²) in [5.41, 5.74) is 1.71. The number of carboxylic acid groups (broad SMARTS) is 1. The molecule has 1 aromatic rings. The van der Waals surface area contributed by atoms with Crippen molar-refractivity contribution in [2.45, 2.75) is 19.8 Å². The standard InChI is InChI=1S/C11H15NO2/c1-8(2)9-6-4-5-7-10(9)12(3)11(13)14/h4-8H,1-3H3,(H,13,14)/p-1. The third kappa shape index (κ3) is 2.05. The topological polar surface area (TPSA) is 43.4 Å². The van der Waals surface area contributed by atoms with Gasteiger partial charge >= 0.3 is 0 Å². The molecule has 0 saturated carbocycles. The highest BCUT2D eigenvalue weighted by molar-refractivity contribution is 5.85. The zero-order chi connectivity index (χ0) is 10.7. The fraction of sp³-hybridized carbons (Fsp3) is 0.364. The van der Waals surface area contributed by atoms with Crippen LogP contribution in [0.4, 0.5) is 10.5 Å². The highest BCUT2D eigenvalue weighted by atomic mass is 16.4. The lowest BCUT2D eigenvalue weighted by molar-refractivity contribution is -0.246. The van der Waals surface area contributed by atoms with E-state index in [0.717, 1.165) is 10.5 Å². The van der Waals surface area contributed by atoms with E-state index in [2.05, 4.69) is 0 Å². The molecule has 0 aliphatic rings. The summed E-state index contributed by atoms with van der Waals surface area (Å²) in [4.78, 5) is 11.8. The van der Waals surface area contributed by atoms with E-state index < -0.39 is 6.09 Å². The van der Waals surface area contributed by atoms with Gasteiger partial charge in [-0.1, -0.05) is 32.0 Å². The van der Waals surface area contributed by atoms with Crippen molar-refractivity contribution in [3.8, 4) is 0 Å². The van der Waals surface area contributed by atoms with Crippen molar-refractivity contribution in [3.05, 3.63) is 29.8 Å². The van der Waals surface area contributed by atoms with Crippen molar-refractivity contribution in [2.75, 3.05) is 11.9 Å². The molecular weight excluding hydrogens is 178 g/mol. The first-order valence-electron chi connectivity index (χ1n) is 4.57. The Labute approximate surface area is 84.0 Å². The molecule has 0 fully saturated rings. The molecule has 0 N–H and O–H groups in total. The van der Waals surface area contributed by atoms with Crippen LogP contribution in [0.25, 0.3) is 0 Å². The van der Waals surface area contributed by atoms with Crippen molar-refractivity contribution in [3.63, 3.8) is 0 Å². The largest absolute Gasteiger partial charge is 0.530 e. The quantitative estimate of drug-likeness (QED) is 0.714. The number of para-hydroxylation sites is 1. The summed E-state index contributed by atoms with van der Waals surface area (Å²) in [6, 6.07) is 7.44. The van der Waals surface area contributed by atoms with E-state index in [1.165, 1.54) is 7.05 Å². The Bertz CT molecular complexity index is 334. The number of hydrogen-bond acceptors (Lipinski definition) is 2. The second-order valence-electron chi connectivity index (χ2n) is 3.54. The van der Waals surface area contributed by atoms with Gasteiger partial charge in [0.1, 0.15) is 6.09 Å². The number of amides is 1. The van der Waals surface area contributed by atoms with Gasteiger partial charge in [-0.2, -0.15) is 0 Å². The number of rotatable bonds is 2. The number of nitrogens with zero attached hydrogens (tertiary/aromatic N) is 1. The zero-order valence-corrected chi connectivity index (χ0v) is 8.65. The molecular formula is C11H14NO2-. The summed E-state index contributed by atoms with van der Waals surface area (Å²) in [5, 5.41) is 10.7. The van der Waals surface area contributed by atoms with Gasteiger partial charge in [0, 0.05) is 12.7 Å². The maximum atomic E-state index is 10.7. The van der Waals surface area contributed by atoms with Gasteiger partial charge in [0.25, 0.3) is 0 Å². The van der Waals surface area contributed by atoms with Crippen LogP contribution in [0.3, 0.4) is 0 Å². The summed E-state index contributed by atoms with van der Waals surface area (Å²) in [7, 11) is 1.50. The van der Waals surface area contributed by atoms with Gasteiger partial charge in [0.15, 0.2) is 0 Å². The van der Waals surface area contributed by atoms with Crippen LogP contribution in [0.5, 0.6) is 0 Å². The van der Waals surface area contributed by atoms with Gasteiger partial charge < -0.3 is 14.8 Å². The lowest BCUT2D eigenvalue weighted by atomic mass is 10.0. The lowest BCUT2D eigenvalue weighted by Gasteiger charge is -2.24. The number of benzene rings is 1. The Hall–Kier alpha value is -1.51. The van der Waals surface area contributed by atoms with Gasteiger partial charge in [0.05, 0.1) is 0 Å². The predicted molar refractivity (Wildman–Crippen MR) is 54.3 cm³/mol. The molecule has 0 radical (unpaired) electrons. The molecule has 1 rings (SSSR count). The fourth-order valence-corrected chi connectivity index (χ4v) is 1.38. The Morgan fingerprint density at radius 1 is 1.36 bits per heavy atom. The maximum absolute atomic E-state index is 10.7. The normalized spacial score (nSPS) is 10.3. The molecule has 0 unspecified atom stereocenters. The fourth-order valence-electron chi connectivity index (χ4n) is 1.38. The molecule has 0 saturated heterocycles. The smallest absolute Gasteiger partial charge is 0.141 e. The van der Waals surface area contributed by atoms with Gasteiger partial charge in [-0.15, -0.1) is 0 Å². The second-order valence-corrected chi connectivity index (χ2v) is 3.54. The molecule has 14 heavy (non-hydrogen) atoms. The Morgan fingerprint density at radius 3 is 2.43 bits per heavy atom.